The Balaban J connectivity index is 1.43. The molecule has 0 spiro atoms. The van der Waals surface area contributed by atoms with E-state index in [0.29, 0.717) is 24.8 Å². The lowest BCUT2D eigenvalue weighted by molar-refractivity contribution is -0.139. The number of nitrogens with one attached hydrogen (secondary N) is 1. The van der Waals surface area contributed by atoms with E-state index in [1.165, 1.54) is 6.33 Å². The molecule has 1 atom stereocenters. The summed E-state index contributed by atoms with van der Waals surface area (Å²) in [6.45, 7) is 3.96. The molecule has 1 N–H and O–H groups in total. The first-order chi connectivity index (χ1) is 11.6. The molecule has 1 aromatic heterocycles. The number of aromatic nitrogens is 2. The first kappa shape index (κ1) is 16.7. The Hall–Kier alpha value is -2.18. The van der Waals surface area contributed by atoms with Crippen LogP contribution in [0.5, 0.6) is 5.88 Å². The zero-order valence-corrected chi connectivity index (χ0v) is 14.0. The average molecular weight is 332 g/mol. The summed E-state index contributed by atoms with van der Waals surface area (Å²) in [4.78, 5) is 34.0. The van der Waals surface area contributed by atoms with E-state index in [-0.39, 0.29) is 17.9 Å². The summed E-state index contributed by atoms with van der Waals surface area (Å²) in [7, 11) is 0. The van der Waals surface area contributed by atoms with Crippen LogP contribution in [0, 0.1) is 12.8 Å². The number of nitrogens with zero attached hydrogens (tertiary/aromatic N) is 3. The number of carbonyl (C=O) groups is 2. The molecule has 0 saturated carbocycles. The summed E-state index contributed by atoms with van der Waals surface area (Å²) in [5, 5.41) is 2.81. The van der Waals surface area contributed by atoms with E-state index in [2.05, 4.69) is 15.3 Å². The van der Waals surface area contributed by atoms with Gasteiger partial charge in [-0.15, -0.1) is 0 Å². The highest BCUT2D eigenvalue weighted by atomic mass is 16.5. The highest BCUT2D eigenvalue weighted by molar-refractivity contribution is 5.88. The number of hydrogen-bond acceptors (Lipinski definition) is 5. The molecule has 0 aliphatic carbocycles. The highest BCUT2D eigenvalue weighted by Gasteiger charge is 2.31. The lowest BCUT2D eigenvalue weighted by atomic mass is 9.96. The van der Waals surface area contributed by atoms with Crippen molar-refractivity contribution in [2.24, 2.45) is 5.92 Å². The van der Waals surface area contributed by atoms with Gasteiger partial charge in [-0.3, -0.25) is 9.59 Å². The molecule has 24 heavy (non-hydrogen) atoms. The van der Waals surface area contributed by atoms with Crippen LogP contribution in [0.25, 0.3) is 0 Å². The molecule has 2 saturated heterocycles. The molecule has 2 fully saturated rings. The van der Waals surface area contributed by atoms with E-state index in [1.54, 1.807) is 0 Å². The van der Waals surface area contributed by atoms with Crippen molar-refractivity contribution in [1.82, 2.24) is 20.2 Å². The van der Waals surface area contributed by atoms with Crippen LogP contribution in [-0.4, -0.2) is 52.4 Å². The number of hydrogen-bond donors (Lipinski definition) is 1. The Labute approximate surface area is 141 Å². The van der Waals surface area contributed by atoms with Crippen molar-refractivity contribution < 1.29 is 14.3 Å². The maximum Gasteiger partial charge on any atom is 0.245 e. The van der Waals surface area contributed by atoms with Crippen LogP contribution in [0.15, 0.2) is 12.4 Å². The van der Waals surface area contributed by atoms with Crippen molar-refractivity contribution in [1.29, 1.82) is 0 Å². The molecule has 130 valence electrons. The van der Waals surface area contributed by atoms with Crippen LogP contribution in [0.4, 0.5) is 0 Å². The molecule has 0 bridgehead atoms. The maximum atomic E-state index is 12.5. The van der Waals surface area contributed by atoms with Gasteiger partial charge in [0.05, 0.1) is 6.61 Å². The van der Waals surface area contributed by atoms with E-state index in [1.807, 2.05) is 17.9 Å². The molecule has 2 aliphatic heterocycles. The van der Waals surface area contributed by atoms with Crippen LogP contribution in [0.1, 0.15) is 37.8 Å². The van der Waals surface area contributed by atoms with Crippen molar-refractivity contribution in [3.05, 3.63) is 18.1 Å². The third-order valence-corrected chi connectivity index (χ3v) is 4.70. The molecule has 1 unspecified atom stereocenters. The second-order valence-corrected chi connectivity index (χ2v) is 6.59. The lowest BCUT2D eigenvalue weighted by Gasteiger charge is -2.35. The molecule has 7 nitrogen and oxygen atoms in total. The van der Waals surface area contributed by atoms with Gasteiger partial charge in [0.1, 0.15) is 12.4 Å². The second-order valence-electron chi connectivity index (χ2n) is 6.59. The molecule has 3 rings (SSSR count). The van der Waals surface area contributed by atoms with Crippen molar-refractivity contribution in [2.75, 3.05) is 19.7 Å². The Morgan fingerprint density at radius 2 is 2.12 bits per heavy atom. The van der Waals surface area contributed by atoms with Crippen LogP contribution in [0.2, 0.25) is 0 Å². The molecule has 0 aromatic carbocycles. The van der Waals surface area contributed by atoms with Gasteiger partial charge in [-0.05, 0) is 38.5 Å². The number of amides is 2. The first-order valence-electron chi connectivity index (χ1n) is 8.61. The van der Waals surface area contributed by atoms with Crippen molar-refractivity contribution >= 4 is 11.8 Å². The summed E-state index contributed by atoms with van der Waals surface area (Å²) in [6.07, 6.45) is 5.41. The van der Waals surface area contributed by atoms with Crippen LogP contribution in [0.3, 0.4) is 0 Å². The van der Waals surface area contributed by atoms with Crippen molar-refractivity contribution in [3.8, 4) is 5.88 Å². The van der Waals surface area contributed by atoms with Crippen LogP contribution in [-0.2, 0) is 9.59 Å². The lowest BCUT2D eigenvalue weighted by Crippen LogP contribution is -2.52. The SMILES string of the molecule is Cc1cc(OCC2CCN(C(=O)C3CCCC(=O)N3)CC2)ncn1. The largest absolute Gasteiger partial charge is 0.477 e. The first-order valence-corrected chi connectivity index (χ1v) is 8.61. The van der Waals surface area contributed by atoms with Gasteiger partial charge in [0, 0.05) is 31.3 Å². The van der Waals surface area contributed by atoms with E-state index in [0.717, 1.165) is 44.5 Å². The highest BCUT2D eigenvalue weighted by Crippen LogP contribution is 2.20. The molecule has 1 aromatic rings. The zero-order chi connectivity index (χ0) is 16.9. The minimum atomic E-state index is -0.331. The third-order valence-electron chi connectivity index (χ3n) is 4.70. The molecular weight excluding hydrogens is 308 g/mol. The van der Waals surface area contributed by atoms with Gasteiger partial charge < -0.3 is 15.0 Å². The summed E-state index contributed by atoms with van der Waals surface area (Å²) in [5.41, 5.74) is 0.884. The van der Waals surface area contributed by atoms with Gasteiger partial charge in [-0.1, -0.05) is 0 Å². The predicted octanol–water partition coefficient (Wildman–Crippen LogP) is 1.07. The van der Waals surface area contributed by atoms with E-state index in [9.17, 15) is 9.59 Å². The fraction of sp³-hybridized carbons (Fsp3) is 0.647. The molecule has 7 heteroatoms. The third kappa shape index (κ3) is 4.21. The second kappa shape index (κ2) is 7.59. The average Bonchev–Trinajstić information content (AvgIpc) is 2.60. The van der Waals surface area contributed by atoms with Crippen molar-refractivity contribution in [3.63, 3.8) is 0 Å². The number of carbonyl (C=O) groups excluding carboxylic acids is 2. The van der Waals surface area contributed by atoms with Gasteiger partial charge in [0.25, 0.3) is 0 Å². The number of likely N-dealkylation sites (tertiary alicyclic amines) is 1. The molecule has 2 amide bonds. The smallest absolute Gasteiger partial charge is 0.245 e. The Morgan fingerprint density at radius 1 is 1.33 bits per heavy atom. The quantitative estimate of drug-likeness (QED) is 0.891. The Bertz CT molecular complexity index is 599. The van der Waals surface area contributed by atoms with Crippen LogP contribution < -0.4 is 10.1 Å². The van der Waals surface area contributed by atoms with Crippen molar-refractivity contribution in [2.45, 2.75) is 45.1 Å². The van der Waals surface area contributed by atoms with E-state index < -0.39 is 0 Å². The minimum absolute atomic E-state index is 0.0111. The summed E-state index contributed by atoms with van der Waals surface area (Å²) < 4.78 is 5.74. The maximum absolute atomic E-state index is 12.5. The predicted molar refractivity (Wildman–Crippen MR) is 87.3 cm³/mol. The number of aryl methyl sites for hydroxylation is 1. The fourth-order valence-electron chi connectivity index (χ4n) is 3.24. The molecule has 3 heterocycles. The summed E-state index contributed by atoms with van der Waals surface area (Å²) in [6, 6.07) is 1.49. The summed E-state index contributed by atoms with van der Waals surface area (Å²) >= 11 is 0. The standard InChI is InChI=1S/C17H24N4O3/c1-12-9-16(19-11-18-12)24-10-13-5-7-21(8-6-13)17(23)14-3-2-4-15(22)20-14/h9,11,13-14H,2-8,10H2,1H3,(H,20,22). The monoisotopic (exact) mass is 332 g/mol. The van der Waals surface area contributed by atoms with E-state index >= 15 is 0 Å². The minimum Gasteiger partial charge on any atom is -0.477 e. The molecule has 0 radical (unpaired) electrons. The van der Waals surface area contributed by atoms with Gasteiger partial charge in [0.15, 0.2) is 0 Å². The van der Waals surface area contributed by atoms with Gasteiger partial charge in [0.2, 0.25) is 17.7 Å². The van der Waals surface area contributed by atoms with Crippen LogP contribution >= 0.6 is 0 Å². The number of ether oxygens (including phenoxy) is 1. The number of rotatable bonds is 4. The van der Waals surface area contributed by atoms with Gasteiger partial charge in [-0.2, -0.15) is 0 Å². The number of piperidine rings is 2. The Kier molecular flexibility index (Phi) is 5.27. The Morgan fingerprint density at radius 3 is 2.83 bits per heavy atom. The summed E-state index contributed by atoms with van der Waals surface area (Å²) in [5.74, 6) is 1.08. The fourth-order valence-corrected chi connectivity index (χ4v) is 3.24. The van der Waals surface area contributed by atoms with E-state index in [4.69, 9.17) is 4.74 Å². The molecular formula is C17H24N4O3. The normalized spacial score (nSPS) is 22.1. The topological polar surface area (TPSA) is 84.4 Å². The zero-order valence-electron chi connectivity index (χ0n) is 14.0. The molecule has 2 aliphatic rings. The van der Waals surface area contributed by atoms with Gasteiger partial charge in [-0.25, -0.2) is 9.97 Å². The van der Waals surface area contributed by atoms with Gasteiger partial charge >= 0.3 is 0 Å².